The molecule has 144 valence electrons. The molecule has 4 rings (SSSR count). The molecular weight excluding hydrogens is 378 g/mol. The van der Waals surface area contributed by atoms with E-state index >= 15 is 0 Å². The van der Waals surface area contributed by atoms with Crippen molar-refractivity contribution in [3.63, 3.8) is 0 Å². The van der Waals surface area contributed by atoms with Gasteiger partial charge in [0.2, 0.25) is 5.89 Å². The number of hydrogen-bond acceptors (Lipinski definition) is 6. The molecule has 2 aromatic heterocycles. The van der Waals surface area contributed by atoms with Crippen LogP contribution in [0.15, 0.2) is 46.2 Å². The summed E-state index contributed by atoms with van der Waals surface area (Å²) >= 11 is 1.50. The summed E-state index contributed by atoms with van der Waals surface area (Å²) in [5, 5.41) is 4.73. The first-order chi connectivity index (χ1) is 13.6. The average molecular weight is 397 g/mol. The van der Waals surface area contributed by atoms with Crippen molar-refractivity contribution in [3.05, 3.63) is 58.8 Å². The number of oxazole rings is 1. The van der Waals surface area contributed by atoms with E-state index in [9.17, 15) is 9.59 Å². The molecule has 0 spiro atoms. The number of carbonyl (C=O) groups excluding carboxylic acids is 2. The lowest BCUT2D eigenvalue weighted by Gasteiger charge is -2.26. The van der Waals surface area contributed by atoms with E-state index in [-0.39, 0.29) is 17.5 Å². The van der Waals surface area contributed by atoms with Gasteiger partial charge in [-0.05, 0) is 42.6 Å². The number of benzene rings is 1. The smallest absolute Gasteiger partial charge is 0.277 e. The minimum atomic E-state index is -0.351. The third-order valence-electron chi connectivity index (χ3n) is 4.43. The summed E-state index contributed by atoms with van der Waals surface area (Å²) in [5.74, 6) is 0.509. The zero-order valence-electron chi connectivity index (χ0n) is 15.3. The molecule has 0 radical (unpaired) electrons. The van der Waals surface area contributed by atoms with Crippen molar-refractivity contribution in [2.45, 2.75) is 6.92 Å². The van der Waals surface area contributed by atoms with E-state index in [1.165, 1.54) is 11.3 Å². The van der Waals surface area contributed by atoms with Crippen LogP contribution in [0.25, 0.3) is 10.8 Å². The molecule has 1 aromatic carbocycles. The molecule has 0 saturated carbocycles. The highest BCUT2D eigenvalue weighted by atomic mass is 32.1. The first-order valence-electron chi connectivity index (χ1n) is 8.91. The number of hydrogen-bond donors (Lipinski definition) is 1. The first-order valence-corrected chi connectivity index (χ1v) is 9.79. The molecule has 1 aliphatic heterocycles. The lowest BCUT2D eigenvalue weighted by Crippen LogP contribution is -2.40. The molecule has 8 heteroatoms. The zero-order valence-corrected chi connectivity index (χ0v) is 16.1. The number of anilines is 1. The minimum Gasteiger partial charge on any atom is -0.440 e. The van der Waals surface area contributed by atoms with Gasteiger partial charge in [-0.25, -0.2) is 4.98 Å². The molecule has 1 aliphatic rings. The fourth-order valence-electron chi connectivity index (χ4n) is 2.95. The lowest BCUT2D eigenvalue weighted by molar-refractivity contribution is 0.0303. The van der Waals surface area contributed by atoms with E-state index in [0.29, 0.717) is 49.2 Å². The Labute approximate surface area is 165 Å². The SMILES string of the molecule is Cc1oc(-c2cccs2)nc1C(=O)Nc1ccc(C(=O)N2CCOCC2)cc1. The van der Waals surface area contributed by atoms with E-state index in [1.807, 2.05) is 17.5 Å². The van der Waals surface area contributed by atoms with Gasteiger partial charge in [0.05, 0.1) is 18.1 Å². The maximum Gasteiger partial charge on any atom is 0.277 e. The summed E-state index contributed by atoms with van der Waals surface area (Å²) in [6.45, 7) is 4.02. The monoisotopic (exact) mass is 397 g/mol. The first kappa shape index (κ1) is 18.4. The van der Waals surface area contributed by atoms with E-state index in [1.54, 1.807) is 36.1 Å². The number of amides is 2. The number of nitrogens with one attached hydrogen (secondary N) is 1. The Morgan fingerprint density at radius 1 is 1.14 bits per heavy atom. The highest BCUT2D eigenvalue weighted by molar-refractivity contribution is 7.13. The molecule has 1 fully saturated rings. The normalized spacial score (nSPS) is 14.1. The van der Waals surface area contributed by atoms with Crippen LogP contribution in [0, 0.1) is 6.92 Å². The largest absolute Gasteiger partial charge is 0.440 e. The number of aryl methyl sites for hydroxylation is 1. The van der Waals surface area contributed by atoms with Crippen LogP contribution in [0.2, 0.25) is 0 Å². The maximum absolute atomic E-state index is 12.6. The van der Waals surface area contributed by atoms with Crippen molar-refractivity contribution in [2.24, 2.45) is 0 Å². The second kappa shape index (κ2) is 7.95. The second-order valence-electron chi connectivity index (χ2n) is 6.34. The van der Waals surface area contributed by atoms with Crippen molar-refractivity contribution < 1.29 is 18.7 Å². The van der Waals surface area contributed by atoms with Crippen LogP contribution >= 0.6 is 11.3 Å². The van der Waals surface area contributed by atoms with Crippen molar-refractivity contribution >= 4 is 28.8 Å². The second-order valence-corrected chi connectivity index (χ2v) is 7.28. The minimum absolute atomic E-state index is 0.0332. The van der Waals surface area contributed by atoms with Gasteiger partial charge in [-0.2, -0.15) is 0 Å². The van der Waals surface area contributed by atoms with Gasteiger partial charge in [-0.3, -0.25) is 9.59 Å². The van der Waals surface area contributed by atoms with Crippen molar-refractivity contribution in [3.8, 4) is 10.8 Å². The molecule has 0 aliphatic carbocycles. The third kappa shape index (κ3) is 3.83. The molecule has 3 aromatic rings. The molecule has 2 amide bonds. The van der Waals surface area contributed by atoms with Crippen LogP contribution in [-0.4, -0.2) is 48.0 Å². The Morgan fingerprint density at radius 2 is 1.89 bits per heavy atom. The van der Waals surface area contributed by atoms with Crippen molar-refractivity contribution in [2.75, 3.05) is 31.6 Å². The van der Waals surface area contributed by atoms with E-state index < -0.39 is 0 Å². The molecule has 0 unspecified atom stereocenters. The van der Waals surface area contributed by atoms with Gasteiger partial charge in [-0.15, -0.1) is 11.3 Å². The molecule has 3 heterocycles. The summed E-state index contributed by atoms with van der Waals surface area (Å²) in [4.78, 5) is 32.0. The summed E-state index contributed by atoms with van der Waals surface area (Å²) in [6.07, 6.45) is 0. The summed E-state index contributed by atoms with van der Waals surface area (Å²) in [7, 11) is 0. The van der Waals surface area contributed by atoms with Gasteiger partial charge in [0.15, 0.2) is 5.69 Å². The third-order valence-corrected chi connectivity index (χ3v) is 5.29. The Balaban J connectivity index is 1.44. The number of aromatic nitrogens is 1. The van der Waals surface area contributed by atoms with Gasteiger partial charge >= 0.3 is 0 Å². The van der Waals surface area contributed by atoms with Gasteiger partial charge in [0, 0.05) is 24.3 Å². The molecule has 28 heavy (non-hydrogen) atoms. The summed E-state index contributed by atoms with van der Waals surface area (Å²) in [6, 6.07) is 10.6. The van der Waals surface area contributed by atoms with Crippen molar-refractivity contribution in [1.29, 1.82) is 0 Å². The molecule has 0 bridgehead atoms. The van der Waals surface area contributed by atoms with Crippen LogP contribution in [-0.2, 0) is 4.74 Å². The Hall–Kier alpha value is -2.97. The van der Waals surface area contributed by atoms with Crippen LogP contribution in [0.3, 0.4) is 0 Å². The summed E-state index contributed by atoms with van der Waals surface area (Å²) < 4.78 is 10.9. The molecule has 7 nitrogen and oxygen atoms in total. The molecule has 1 saturated heterocycles. The Bertz CT molecular complexity index is 974. The van der Waals surface area contributed by atoms with Crippen LogP contribution < -0.4 is 5.32 Å². The van der Waals surface area contributed by atoms with Gasteiger partial charge < -0.3 is 19.4 Å². The number of rotatable bonds is 4. The van der Waals surface area contributed by atoms with Gasteiger partial charge in [0.1, 0.15) is 5.76 Å². The number of ether oxygens (including phenoxy) is 1. The fraction of sp³-hybridized carbons (Fsp3) is 0.250. The predicted molar refractivity (Wildman–Crippen MR) is 106 cm³/mol. The number of thiophene rings is 1. The van der Waals surface area contributed by atoms with Crippen LogP contribution in [0.5, 0.6) is 0 Å². The van der Waals surface area contributed by atoms with E-state index in [0.717, 1.165) is 4.88 Å². The standard InChI is InChI=1S/C20H19N3O4S/c1-13-17(22-19(27-13)16-3-2-12-28-16)18(24)21-15-6-4-14(5-7-15)20(25)23-8-10-26-11-9-23/h2-7,12H,8-11H2,1H3,(H,21,24). The fourth-order valence-corrected chi connectivity index (χ4v) is 3.60. The predicted octanol–water partition coefficient (Wildman–Crippen LogP) is 3.44. The topological polar surface area (TPSA) is 84.7 Å². The molecular formula is C20H19N3O4S. The van der Waals surface area contributed by atoms with E-state index in [4.69, 9.17) is 9.15 Å². The Kier molecular flexibility index (Phi) is 5.23. The lowest BCUT2D eigenvalue weighted by atomic mass is 10.1. The highest BCUT2D eigenvalue weighted by Crippen LogP contribution is 2.26. The summed E-state index contributed by atoms with van der Waals surface area (Å²) in [5.41, 5.74) is 1.41. The molecule has 1 N–H and O–H groups in total. The molecule has 0 atom stereocenters. The average Bonchev–Trinajstić information content (AvgIpc) is 3.38. The van der Waals surface area contributed by atoms with Gasteiger partial charge in [0.25, 0.3) is 11.8 Å². The van der Waals surface area contributed by atoms with Crippen LogP contribution in [0.1, 0.15) is 26.6 Å². The number of nitrogens with zero attached hydrogens (tertiary/aromatic N) is 2. The maximum atomic E-state index is 12.6. The van der Waals surface area contributed by atoms with Crippen LogP contribution in [0.4, 0.5) is 5.69 Å². The zero-order chi connectivity index (χ0) is 19.5. The quantitative estimate of drug-likeness (QED) is 0.729. The van der Waals surface area contributed by atoms with Gasteiger partial charge in [-0.1, -0.05) is 6.07 Å². The highest BCUT2D eigenvalue weighted by Gasteiger charge is 2.20. The Morgan fingerprint density at radius 3 is 2.57 bits per heavy atom. The number of carbonyl (C=O) groups is 2. The number of morpholine rings is 1. The van der Waals surface area contributed by atoms with E-state index in [2.05, 4.69) is 10.3 Å². The van der Waals surface area contributed by atoms with Crippen molar-refractivity contribution in [1.82, 2.24) is 9.88 Å².